The summed E-state index contributed by atoms with van der Waals surface area (Å²) >= 11 is 0. The van der Waals surface area contributed by atoms with Crippen LogP contribution in [0, 0.1) is 6.92 Å². The molecule has 0 spiro atoms. The molecule has 1 unspecified atom stereocenters. The summed E-state index contributed by atoms with van der Waals surface area (Å²) in [4.78, 5) is 37.1. The Labute approximate surface area is 243 Å². The lowest BCUT2D eigenvalue weighted by molar-refractivity contribution is -0.268. The van der Waals surface area contributed by atoms with Gasteiger partial charge in [0.2, 0.25) is 0 Å². The molecule has 15 heteroatoms. The van der Waals surface area contributed by atoms with Crippen LogP contribution in [0.15, 0.2) is 20.9 Å². The van der Waals surface area contributed by atoms with Crippen LogP contribution in [-0.4, -0.2) is 75.8 Å². The number of hydrogen-bond donors (Lipinski definition) is 1. The van der Waals surface area contributed by atoms with Crippen molar-refractivity contribution in [3.8, 4) is 0 Å². The first kappa shape index (κ1) is 32.1. The third kappa shape index (κ3) is 5.64. The largest absolute Gasteiger partial charge is 0.414 e. The van der Waals surface area contributed by atoms with E-state index >= 15 is 0 Å². The van der Waals surface area contributed by atoms with Crippen molar-refractivity contribution >= 4 is 17.1 Å². The third-order valence-corrected chi connectivity index (χ3v) is 18.9. The highest BCUT2D eigenvalue weighted by atomic mass is 28.5. The molecule has 0 radical (unpaired) electrons. The normalized spacial score (nSPS) is 29.4. The van der Waals surface area contributed by atoms with Crippen molar-refractivity contribution in [2.45, 2.75) is 115 Å². The number of nitrogens with zero attached hydrogens (tertiary/aromatic N) is 5. The van der Waals surface area contributed by atoms with E-state index in [1.165, 1.54) is 10.8 Å². The summed E-state index contributed by atoms with van der Waals surface area (Å²) in [6.45, 7) is 20.3. The Morgan fingerprint density at radius 2 is 1.73 bits per heavy atom. The van der Waals surface area contributed by atoms with Gasteiger partial charge in [-0.1, -0.05) is 60.5 Å². The molecular weight excluding hydrogens is 564 g/mol. The maximum Gasteiger partial charge on any atom is 0.335 e. The predicted molar refractivity (Wildman–Crippen MR) is 158 cm³/mol. The Morgan fingerprint density at radius 1 is 1.10 bits per heavy atom. The number of rotatable bonds is 9. The molecule has 41 heavy (non-hydrogen) atoms. The highest BCUT2D eigenvalue weighted by Crippen LogP contribution is 2.53. The maximum absolute atomic E-state index is 13.1. The van der Waals surface area contributed by atoms with Gasteiger partial charge in [0.1, 0.15) is 11.7 Å². The SMILES string of the molecule is Cc1cn([C@@H]2O[C@]34CO[Si](C(C)C)(C(C)C)O[Si](C(C)C)(C(C)C)OC3[C@@H]2ON(CCCN=[N+]=[N-])C4)c(=O)[nH]c1=O. The molecule has 0 saturated carbocycles. The van der Waals surface area contributed by atoms with Gasteiger partial charge in [0.25, 0.3) is 5.56 Å². The van der Waals surface area contributed by atoms with E-state index < -0.39 is 52.4 Å². The summed E-state index contributed by atoms with van der Waals surface area (Å²) in [6, 6.07) is 0. The van der Waals surface area contributed by atoms with E-state index in [0.717, 1.165) is 0 Å². The molecule has 13 nitrogen and oxygen atoms in total. The molecule has 3 fully saturated rings. The lowest BCUT2D eigenvalue weighted by Crippen LogP contribution is -2.71. The number of aromatic amines is 1. The van der Waals surface area contributed by atoms with Gasteiger partial charge in [0.05, 0.1) is 13.2 Å². The van der Waals surface area contributed by atoms with Gasteiger partial charge in [-0.3, -0.25) is 19.2 Å². The first-order valence-electron chi connectivity index (χ1n) is 14.7. The summed E-state index contributed by atoms with van der Waals surface area (Å²) in [5.41, 5.74) is 7.61. The van der Waals surface area contributed by atoms with Crippen molar-refractivity contribution in [2.24, 2.45) is 5.11 Å². The second kappa shape index (κ2) is 12.1. The molecule has 0 aliphatic carbocycles. The molecule has 0 aromatic carbocycles. The number of nitrogens with one attached hydrogen (secondary N) is 1. The highest BCUT2D eigenvalue weighted by molar-refractivity contribution is 6.84. The van der Waals surface area contributed by atoms with Gasteiger partial charge in [-0.05, 0) is 41.0 Å². The van der Waals surface area contributed by atoms with E-state index in [1.807, 2.05) is 5.06 Å². The molecule has 4 heterocycles. The molecule has 1 N–H and O–H groups in total. The molecule has 3 saturated heterocycles. The second-order valence-electron chi connectivity index (χ2n) is 12.8. The van der Waals surface area contributed by atoms with E-state index in [9.17, 15) is 9.59 Å². The van der Waals surface area contributed by atoms with Crippen molar-refractivity contribution in [2.75, 3.05) is 26.2 Å². The predicted octanol–water partition coefficient (Wildman–Crippen LogP) is 4.39. The summed E-state index contributed by atoms with van der Waals surface area (Å²) < 4.78 is 30.0. The van der Waals surface area contributed by atoms with E-state index in [4.69, 9.17) is 28.1 Å². The topological polar surface area (TPSA) is 153 Å². The Kier molecular flexibility index (Phi) is 9.44. The van der Waals surface area contributed by atoms with Crippen LogP contribution in [0.3, 0.4) is 0 Å². The molecule has 1 aromatic rings. The van der Waals surface area contributed by atoms with E-state index in [-0.39, 0.29) is 28.8 Å². The quantitative estimate of drug-likeness (QED) is 0.142. The third-order valence-electron chi connectivity index (χ3n) is 8.71. The fourth-order valence-electron chi connectivity index (χ4n) is 6.53. The second-order valence-corrected chi connectivity index (χ2v) is 21.6. The summed E-state index contributed by atoms with van der Waals surface area (Å²) in [5, 5.41) is 5.47. The van der Waals surface area contributed by atoms with Crippen molar-refractivity contribution in [3.63, 3.8) is 0 Å². The monoisotopic (exact) mass is 610 g/mol. The number of hydrogen-bond acceptors (Lipinski definition) is 9. The number of H-pyrrole nitrogens is 1. The molecular formula is C26H46N6O7Si2. The molecule has 3 aliphatic rings. The number of ether oxygens (including phenoxy) is 1. The van der Waals surface area contributed by atoms with Crippen LogP contribution in [0.5, 0.6) is 0 Å². The first-order chi connectivity index (χ1) is 19.2. The van der Waals surface area contributed by atoms with Crippen LogP contribution >= 0.6 is 0 Å². The fourth-order valence-corrected chi connectivity index (χ4v) is 17.8. The lowest BCUT2D eigenvalue weighted by atomic mass is 9.94. The zero-order valence-corrected chi connectivity index (χ0v) is 27.7. The van der Waals surface area contributed by atoms with E-state index in [1.54, 1.807) is 6.92 Å². The van der Waals surface area contributed by atoms with Crippen molar-refractivity contribution in [1.29, 1.82) is 0 Å². The average molecular weight is 611 g/mol. The molecule has 2 bridgehead atoms. The Balaban J connectivity index is 1.87. The van der Waals surface area contributed by atoms with Crippen molar-refractivity contribution in [3.05, 3.63) is 43.0 Å². The van der Waals surface area contributed by atoms with Gasteiger partial charge in [0, 0.05) is 29.8 Å². The summed E-state index contributed by atoms with van der Waals surface area (Å²) in [6.07, 6.45) is -0.0663. The Morgan fingerprint density at radius 3 is 2.32 bits per heavy atom. The molecule has 4 atom stereocenters. The van der Waals surface area contributed by atoms with Gasteiger partial charge >= 0.3 is 22.8 Å². The summed E-state index contributed by atoms with van der Waals surface area (Å²) in [5.74, 6) is 0. The highest BCUT2D eigenvalue weighted by Gasteiger charge is 2.69. The van der Waals surface area contributed by atoms with Crippen LogP contribution in [0.25, 0.3) is 10.4 Å². The average Bonchev–Trinajstić information content (AvgIpc) is 3.04. The standard InChI is InChI=1S/C26H46N6O7Si2/c1-16(2)40(17(3)4)35-15-26-14-31(12-10-11-28-30-27)37-21(22(26)38-41(39-40,18(5)6)19(7)8)24(36-26)32-13-20(9)23(33)29-25(32)34/h13,16-19,21-22,24H,10-12,14-15H2,1-9H3,(H,29,33,34)/t21-,22?,24+,26+/m0/s1. The fraction of sp³-hybridized carbons (Fsp3) is 0.846. The molecule has 230 valence electrons. The molecule has 1 aromatic heterocycles. The zero-order valence-electron chi connectivity index (χ0n) is 25.7. The minimum atomic E-state index is -3.00. The first-order valence-corrected chi connectivity index (χ1v) is 18.6. The number of hydroxylamine groups is 2. The molecule has 3 aliphatic heterocycles. The van der Waals surface area contributed by atoms with Crippen LogP contribution in [0.4, 0.5) is 0 Å². The Hall–Kier alpha value is -1.82. The lowest BCUT2D eigenvalue weighted by Gasteiger charge is -2.55. The smallest absolute Gasteiger partial charge is 0.335 e. The van der Waals surface area contributed by atoms with Crippen LogP contribution in [0.1, 0.15) is 73.6 Å². The van der Waals surface area contributed by atoms with Crippen LogP contribution < -0.4 is 11.2 Å². The van der Waals surface area contributed by atoms with E-state index in [0.29, 0.717) is 31.6 Å². The van der Waals surface area contributed by atoms with Crippen LogP contribution in [0.2, 0.25) is 22.2 Å². The minimum absolute atomic E-state index is 0.100. The Bertz CT molecular complexity index is 1250. The van der Waals surface area contributed by atoms with Gasteiger partial charge in [-0.15, -0.1) is 0 Å². The summed E-state index contributed by atoms with van der Waals surface area (Å²) in [7, 11) is -5.86. The van der Waals surface area contributed by atoms with Crippen molar-refractivity contribution in [1.82, 2.24) is 14.6 Å². The minimum Gasteiger partial charge on any atom is -0.414 e. The number of azide groups is 1. The van der Waals surface area contributed by atoms with Gasteiger partial charge < -0.3 is 17.7 Å². The zero-order chi connectivity index (χ0) is 30.3. The van der Waals surface area contributed by atoms with Gasteiger partial charge in [-0.25, -0.2) is 4.79 Å². The number of aromatic nitrogens is 2. The van der Waals surface area contributed by atoms with Gasteiger partial charge in [-0.2, -0.15) is 5.06 Å². The van der Waals surface area contributed by atoms with Crippen molar-refractivity contribution < 1.29 is 22.5 Å². The maximum atomic E-state index is 13.1. The van der Waals surface area contributed by atoms with Crippen LogP contribution in [-0.2, 0) is 22.5 Å². The van der Waals surface area contributed by atoms with E-state index in [2.05, 4.69) is 70.4 Å². The number of aryl methyl sites for hydroxylation is 1. The van der Waals surface area contributed by atoms with Gasteiger partial charge in [0.15, 0.2) is 12.3 Å². The molecule has 0 amide bonds. The molecule has 4 rings (SSSR count).